The molecule has 1 aromatic rings. The van der Waals surface area contributed by atoms with Crippen LogP contribution in [-0.2, 0) is 19.1 Å². The zero-order valence-corrected chi connectivity index (χ0v) is 21.2. The van der Waals surface area contributed by atoms with Gasteiger partial charge in [0.25, 0.3) is 0 Å². The Labute approximate surface area is 211 Å². The average Bonchev–Trinajstić information content (AvgIpc) is 3.01. The van der Waals surface area contributed by atoms with Gasteiger partial charge >= 0.3 is 5.97 Å². The fourth-order valence-corrected chi connectivity index (χ4v) is 4.66. The fraction of sp³-hybridized carbons (Fsp3) is 0.560. The highest BCUT2D eigenvalue weighted by molar-refractivity contribution is 6.42. The van der Waals surface area contributed by atoms with Crippen molar-refractivity contribution in [2.45, 2.75) is 32.6 Å². The molecule has 1 unspecified atom stereocenters. The maximum absolute atomic E-state index is 12.8. The minimum Gasteiger partial charge on any atom is -0.466 e. The number of esters is 1. The number of halogens is 2. The molecule has 0 aromatic heterocycles. The minimum absolute atomic E-state index is 0.0447. The van der Waals surface area contributed by atoms with Gasteiger partial charge in [-0.15, -0.1) is 0 Å². The van der Waals surface area contributed by atoms with Gasteiger partial charge in [0.05, 0.1) is 22.6 Å². The van der Waals surface area contributed by atoms with Gasteiger partial charge in [-0.05, 0) is 56.6 Å². The van der Waals surface area contributed by atoms with Crippen LogP contribution >= 0.6 is 23.2 Å². The number of likely N-dealkylation sites (tertiary alicyclic amines) is 1. The molecule has 0 aliphatic carbocycles. The van der Waals surface area contributed by atoms with Gasteiger partial charge in [-0.2, -0.15) is 0 Å². The molecule has 0 spiro atoms. The Morgan fingerprint density at radius 3 is 2.50 bits per heavy atom. The monoisotopic (exact) mass is 509 g/mol. The van der Waals surface area contributed by atoms with Gasteiger partial charge in [-0.3, -0.25) is 14.4 Å². The average molecular weight is 510 g/mol. The summed E-state index contributed by atoms with van der Waals surface area (Å²) in [4.78, 5) is 43.9. The topological polar surface area (TPSA) is 70.2 Å². The molecule has 9 heteroatoms. The molecule has 2 aliphatic rings. The van der Waals surface area contributed by atoms with Crippen molar-refractivity contribution in [2.24, 2.45) is 5.92 Å². The molecule has 0 radical (unpaired) electrons. The number of hydrogen-bond acceptors (Lipinski definition) is 5. The number of benzene rings is 1. The van der Waals surface area contributed by atoms with Crippen LogP contribution in [-0.4, -0.2) is 84.9 Å². The van der Waals surface area contributed by atoms with Crippen LogP contribution in [0.25, 0.3) is 6.08 Å². The first kappa shape index (κ1) is 26.5. The summed E-state index contributed by atoms with van der Waals surface area (Å²) in [5, 5.41) is 0.880. The molecule has 186 valence electrons. The largest absolute Gasteiger partial charge is 0.466 e. The molecule has 0 saturated carbocycles. The van der Waals surface area contributed by atoms with E-state index in [0.29, 0.717) is 49.4 Å². The van der Waals surface area contributed by atoms with E-state index >= 15 is 0 Å². The molecule has 2 aliphatic heterocycles. The molecule has 1 atom stereocenters. The third-order valence-corrected chi connectivity index (χ3v) is 6.99. The van der Waals surface area contributed by atoms with Gasteiger partial charge in [0.2, 0.25) is 11.8 Å². The van der Waals surface area contributed by atoms with E-state index in [1.54, 1.807) is 41.0 Å². The summed E-state index contributed by atoms with van der Waals surface area (Å²) in [6.07, 6.45) is 6.87. The number of hydrogen-bond donors (Lipinski definition) is 0. The molecule has 7 nitrogen and oxygen atoms in total. The summed E-state index contributed by atoms with van der Waals surface area (Å²) >= 11 is 12.0. The second kappa shape index (κ2) is 13.1. The zero-order valence-electron chi connectivity index (χ0n) is 19.7. The molecular weight excluding hydrogens is 477 g/mol. The van der Waals surface area contributed by atoms with Crippen LogP contribution in [0.5, 0.6) is 0 Å². The van der Waals surface area contributed by atoms with E-state index in [1.165, 1.54) is 12.5 Å². The van der Waals surface area contributed by atoms with Crippen LogP contribution in [0.3, 0.4) is 0 Å². The lowest BCUT2D eigenvalue weighted by Crippen LogP contribution is -2.45. The Balaban J connectivity index is 1.60. The molecule has 34 heavy (non-hydrogen) atoms. The predicted octanol–water partition coefficient (Wildman–Crippen LogP) is 3.73. The summed E-state index contributed by atoms with van der Waals surface area (Å²) in [6.45, 7) is 6.10. The standard InChI is InChI=1S/C25H33Cl2N3O4/c1-2-34-25(33)20(17-28-11-4-3-5-12-28)18-30-15-14-29(13-10-24(30)32)23(31)9-7-19-6-8-21(26)22(27)16-19/h6-9,16,20H,2-5,10-15,17-18H2,1H3/b9-7+. The summed E-state index contributed by atoms with van der Waals surface area (Å²) < 4.78 is 5.31. The van der Waals surface area contributed by atoms with Crippen molar-refractivity contribution in [2.75, 3.05) is 52.4 Å². The summed E-state index contributed by atoms with van der Waals surface area (Å²) in [7, 11) is 0. The van der Waals surface area contributed by atoms with E-state index in [2.05, 4.69) is 4.90 Å². The molecule has 2 heterocycles. The molecule has 3 rings (SSSR count). The lowest BCUT2D eigenvalue weighted by Gasteiger charge is -2.32. The van der Waals surface area contributed by atoms with Crippen molar-refractivity contribution in [1.82, 2.24) is 14.7 Å². The number of rotatable bonds is 8. The van der Waals surface area contributed by atoms with Gasteiger partial charge in [0.1, 0.15) is 0 Å². The van der Waals surface area contributed by atoms with Crippen molar-refractivity contribution < 1.29 is 19.1 Å². The second-order valence-electron chi connectivity index (χ2n) is 8.73. The van der Waals surface area contributed by atoms with E-state index < -0.39 is 0 Å². The van der Waals surface area contributed by atoms with Gasteiger partial charge in [-0.1, -0.05) is 35.7 Å². The minimum atomic E-state index is -0.390. The molecular formula is C25H33Cl2N3O4. The summed E-state index contributed by atoms with van der Waals surface area (Å²) in [5.41, 5.74) is 0.769. The first-order valence-electron chi connectivity index (χ1n) is 12.0. The van der Waals surface area contributed by atoms with E-state index in [4.69, 9.17) is 27.9 Å². The molecule has 0 bridgehead atoms. The maximum atomic E-state index is 12.8. The van der Waals surface area contributed by atoms with Crippen LogP contribution in [0.2, 0.25) is 10.0 Å². The van der Waals surface area contributed by atoms with Crippen molar-refractivity contribution >= 4 is 47.1 Å². The zero-order chi connectivity index (χ0) is 24.5. The van der Waals surface area contributed by atoms with Gasteiger partial charge in [-0.25, -0.2) is 0 Å². The van der Waals surface area contributed by atoms with E-state index in [9.17, 15) is 14.4 Å². The van der Waals surface area contributed by atoms with Gasteiger partial charge in [0, 0.05) is 45.2 Å². The smallest absolute Gasteiger partial charge is 0.312 e. The van der Waals surface area contributed by atoms with Crippen molar-refractivity contribution in [1.29, 1.82) is 0 Å². The SMILES string of the molecule is CCOC(=O)C(CN1CCCCC1)CN1CCN(C(=O)/C=C/c2ccc(Cl)c(Cl)c2)CCC1=O. The number of carbonyl (C=O) groups is 3. The Kier molecular flexibility index (Phi) is 10.2. The van der Waals surface area contributed by atoms with Crippen LogP contribution in [0, 0.1) is 5.92 Å². The van der Waals surface area contributed by atoms with Crippen LogP contribution in [0.4, 0.5) is 0 Å². The van der Waals surface area contributed by atoms with E-state index in [-0.39, 0.29) is 30.1 Å². The third kappa shape index (κ3) is 7.72. The summed E-state index contributed by atoms with van der Waals surface area (Å²) in [5.74, 6) is -0.867. The lowest BCUT2D eigenvalue weighted by molar-refractivity contribution is -0.150. The Hall–Kier alpha value is -2.09. The first-order valence-corrected chi connectivity index (χ1v) is 12.7. The Bertz CT molecular complexity index is 902. The molecule has 2 amide bonds. The normalized spacial score (nSPS) is 18.7. The molecule has 1 aromatic carbocycles. The third-order valence-electron chi connectivity index (χ3n) is 6.25. The van der Waals surface area contributed by atoms with Crippen LogP contribution < -0.4 is 0 Å². The van der Waals surface area contributed by atoms with Crippen molar-refractivity contribution in [3.05, 3.63) is 39.9 Å². The Morgan fingerprint density at radius 2 is 1.79 bits per heavy atom. The van der Waals surface area contributed by atoms with Crippen LogP contribution in [0.15, 0.2) is 24.3 Å². The maximum Gasteiger partial charge on any atom is 0.312 e. The molecule has 2 saturated heterocycles. The van der Waals surface area contributed by atoms with E-state index in [0.717, 1.165) is 31.5 Å². The molecule has 0 N–H and O–H groups in total. The van der Waals surface area contributed by atoms with Gasteiger partial charge < -0.3 is 19.4 Å². The first-order chi connectivity index (χ1) is 16.4. The highest BCUT2D eigenvalue weighted by Crippen LogP contribution is 2.23. The number of amides is 2. The highest BCUT2D eigenvalue weighted by Gasteiger charge is 2.30. The Morgan fingerprint density at radius 1 is 1.03 bits per heavy atom. The highest BCUT2D eigenvalue weighted by atomic mass is 35.5. The fourth-order valence-electron chi connectivity index (χ4n) is 4.36. The number of ether oxygens (including phenoxy) is 1. The van der Waals surface area contributed by atoms with Crippen molar-refractivity contribution in [3.63, 3.8) is 0 Å². The quantitative estimate of drug-likeness (QED) is 0.394. The predicted molar refractivity (Wildman–Crippen MR) is 134 cm³/mol. The van der Waals surface area contributed by atoms with Gasteiger partial charge in [0.15, 0.2) is 0 Å². The van der Waals surface area contributed by atoms with Crippen molar-refractivity contribution in [3.8, 4) is 0 Å². The molecule has 2 fully saturated rings. The number of nitrogens with zero attached hydrogens (tertiary/aromatic N) is 3. The number of carbonyl (C=O) groups excluding carboxylic acids is 3. The number of piperidine rings is 1. The lowest BCUT2D eigenvalue weighted by atomic mass is 10.1. The second-order valence-corrected chi connectivity index (χ2v) is 9.55. The summed E-state index contributed by atoms with van der Waals surface area (Å²) in [6, 6.07) is 5.16. The van der Waals surface area contributed by atoms with Crippen LogP contribution in [0.1, 0.15) is 38.2 Å². The van der Waals surface area contributed by atoms with E-state index in [1.807, 2.05) is 0 Å².